The molecular weight excluding hydrogens is 166 g/mol. The number of methoxy groups -OCH3 is 1. The summed E-state index contributed by atoms with van der Waals surface area (Å²) < 4.78 is 4.41. The molecule has 3 heteroatoms. The van der Waals surface area contributed by atoms with E-state index in [1.165, 1.54) is 13.5 Å². The molecule has 1 unspecified atom stereocenters. The van der Waals surface area contributed by atoms with Crippen LogP contribution < -0.4 is 0 Å². The van der Waals surface area contributed by atoms with Gasteiger partial charge in [0.25, 0.3) is 0 Å². The van der Waals surface area contributed by atoms with E-state index < -0.39 is 5.97 Å². The number of nitrogens with zero attached hydrogens (tertiary/aromatic N) is 1. The van der Waals surface area contributed by atoms with Gasteiger partial charge in [-0.1, -0.05) is 5.92 Å². The van der Waals surface area contributed by atoms with Gasteiger partial charge in [0.15, 0.2) is 0 Å². The molecule has 13 heavy (non-hydrogen) atoms. The topological polar surface area (TPSA) is 29.5 Å². The molecule has 72 valence electrons. The summed E-state index contributed by atoms with van der Waals surface area (Å²) in [6, 6.07) is 0. The van der Waals surface area contributed by atoms with Crippen LogP contribution in [-0.2, 0) is 9.53 Å². The Morgan fingerprint density at radius 3 is 3.00 bits per heavy atom. The Morgan fingerprint density at radius 1 is 1.69 bits per heavy atom. The Morgan fingerprint density at radius 2 is 2.46 bits per heavy atom. The Hall–Kier alpha value is -1.01. The molecule has 3 nitrogen and oxygen atoms in total. The monoisotopic (exact) mass is 181 g/mol. The lowest BCUT2D eigenvalue weighted by molar-refractivity contribution is -0.133. The summed E-state index contributed by atoms with van der Waals surface area (Å²) in [5, 5.41) is 0. The molecule has 1 rings (SSSR count). The normalized spacial score (nSPS) is 22.2. The van der Waals surface area contributed by atoms with Crippen LogP contribution in [0.3, 0.4) is 0 Å². The van der Waals surface area contributed by atoms with Crippen LogP contribution >= 0.6 is 0 Å². The van der Waals surface area contributed by atoms with Crippen LogP contribution in [0.4, 0.5) is 0 Å². The quantitative estimate of drug-likeness (QED) is 0.335. The Kier molecular flexibility index (Phi) is 3.78. The number of likely N-dealkylation sites (tertiary alicyclic amines) is 1. The van der Waals surface area contributed by atoms with Crippen molar-refractivity contribution in [1.82, 2.24) is 4.90 Å². The molecule has 1 atom stereocenters. The highest BCUT2D eigenvalue weighted by Gasteiger charge is 2.17. The Balaban J connectivity index is 2.25. The molecule has 0 aromatic carbocycles. The summed E-state index contributed by atoms with van der Waals surface area (Å²) in [6.45, 7) is 2.24. The summed E-state index contributed by atoms with van der Waals surface area (Å²) in [4.78, 5) is 12.9. The van der Waals surface area contributed by atoms with Crippen LogP contribution in [0.15, 0.2) is 0 Å². The maximum atomic E-state index is 10.6. The van der Waals surface area contributed by atoms with E-state index in [4.69, 9.17) is 0 Å². The van der Waals surface area contributed by atoms with Gasteiger partial charge in [-0.2, -0.15) is 0 Å². The first kappa shape index (κ1) is 10.1. The lowest BCUT2D eigenvalue weighted by Crippen LogP contribution is -2.13. The molecule has 1 saturated heterocycles. The largest absolute Gasteiger partial charge is 0.459 e. The zero-order chi connectivity index (χ0) is 9.68. The predicted octanol–water partition coefficient (Wildman–Crippen LogP) is 0.505. The third kappa shape index (κ3) is 3.47. The zero-order valence-corrected chi connectivity index (χ0v) is 8.17. The number of hydrogen-bond donors (Lipinski definition) is 0. The minimum Gasteiger partial charge on any atom is -0.459 e. The number of rotatable bonds is 1. The molecule has 1 fully saturated rings. The van der Waals surface area contributed by atoms with Gasteiger partial charge in [0.2, 0.25) is 0 Å². The number of esters is 1. The second-order valence-electron chi connectivity index (χ2n) is 3.41. The van der Waals surface area contributed by atoms with Crippen LogP contribution in [0.1, 0.15) is 12.8 Å². The summed E-state index contributed by atoms with van der Waals surface area (Å²) in [5.74, 6) is 5.48. The molecule has 0 N–H and O–H groups in total. The van der Waals surface area contributed by atoms with Gasteiger partial charge in [-0.15, -0.1) is 0 Å². The van der Waals surface area contributed by atoms with Gasteiger partial charge in [0, 0.05) is 18.9 Å². The van der Waals surface area contributed by atoms with E-state index in [2.05, 4.69) is 28.5 Å². The van der Waals surface area contributed by atoms with Crippen LogP contribution in [-0.4, -0.2) is 38.1 Å². The standard InChI is InChI=1S/C10H15NO2/c1-11-7-6-9(8-11)4-3-5-10(12)13-2/h9H,4,6-8H2,1-2H3. The molecule has 1 aliphatic heterocycles. The maximum Gasteiger partial charge on any atom is 0.384 e. The van der Waals surface area contributed by atoms with Crippen molar-refractivity contribution >= 4 is 5.97 Å². The maximum absolute atomic E-state index is 10.6. The fourth-order valence-corrected chi connectivity index (χ4v) is 1.51. The van der Waals surface area contributed by atoms with Crippen molar-refractivity contribution < 1.29 is 9.53 Å². The first-order valence-corrected chi connectivity index (χ1v) is 4.47. The number of ether oxygens (including phenoxy) is 1. The van der Waals surface area contributed by atoms with Crippen LogP contribution in [0.25, 0.3) is 0 Å². The molecule has 0 saturated carbocycles. The third-order valence-corrected chi connectivity index (χ3v) is 2.26. The Labute approximate surface area is 79.1 Å². The van der Waals surface area contributed by atoms with Gasteiger partial charge >= 0.3 is 5.97 Å². The molecule has 0 aromatic heterocycles. The van der Waals surface area contributed by atoms with E-state index in [-0.39, 0.29) is 0 Å². The second kappa shape index (κ2) is 4.88. The van der Waals surface area contributed by atoms with E-state index in [1.54, 1.807) is 0 Å². The summed E-state index contributed by atoms with van der Waals surface area (Å²) in [5.41, 5.74) is 0. The molecular formula is C10H15NO2. The molecule has 1 heterocycles. The molecule has 0 spiro atoms. The summed E-state index contributed by atoms with van der Waals surface area (Å²) in [7, 11) is 3.45. The highest BCUT2D eigenvalue weighted by molar-refractivity contribution is 5.88. The van der Waals surface area contributed by atoms with Crippen LogP contribution in [0.2, 0.25) is 0 Å². The molecule has 0 aromatic rings. The first-order valence-electron chi connectivity index (χ1n) is 4.47. The Bertz CT molecular complexity index is 239. The van der Waals surface area contributed by atoms with E-state index in [0.29, 0.717) is 5.92 Å². The summed E-state index contributed by atoms with van der Waals surface area (Å²) in [6.07, 6.45) is 1.99. The molecule has 1 aliphatic rings. The van der Waals surface area contributed by atoms with Gasteiger partial charge < -0.3 is 9.64 Å². The van der Waals surface area contributed by atoms with Gasteiger partial charge in [-0.05, 0) is 25.9 Å². The molecule has 0 aliphatic carbocycles. The second-order valence-corrected chi connectivity index (χ2v) is 3.41. The number of hydrogen-bond acceptors (Lipinski definition) is 3. The summed E-state index contributed by atoms with van der Waals surface area (Å²) >= 11 is 0. The molecule has 0 bridgehead atoms. The molecule has 0 amide bonds. The third-order valence-electron chi connectivity index (χ3n) is 2.26. The first-order chi connectivity index (χ1) is 6.22. The average Bonchev–Trinajstić information content (AvgIpc) is 2.51. The van der Waals surface area contributed by atoms with Gasteiger partial charge in [0.1, 0.15) is 0 Å². The SMILES string of the molecule is COC(=O)C#CCC1CCN(C)C1. The van der Waals surface area contributed by atoms with Gasteiger partial charge in [-0.25, -0.2) is 4.79 Å². The van der Waals surface area contributed by atoms with Crippen molar-refractivity contribution in [3.05, 3.63) is 0 Å². The fourth-order valence-electron chi connectivity index (χ4n) is 1.51. The lowest BCUT2D eigenvalue weighted by atomic mass is 10.1. The minimum atomic E-state index is -0.439. The predicted molar refractivity (Wildman–Crippen MR) is 50.0 cm³/mol. The van der Waals surface area contributed by atoms with E-state index >= 15 is 0 Å². The van der Waals surface area contributed by atoms with Crippen molar-refractivity contribution in [1.29, 1.82) is 0 Å². The van der Waals surface area contributed by atoms with Crippen molar-refractivity contribution in [2.75, 3.05) is 27.2 Å². The van der Waals surface area contributed by atoms with E-state index in [0.717, 1.165) is 19.5 Å². The fraction of sp³-hybridized carbons (Fsp3) is 0.700. The van der Waals surface area contributed by atoms with Crippen molar-refractivity contribution in [3.63, 3.8) is 0 Å². The smallest absolute Gasteiger partial charge is 0.384 e. The lowest BCUT2D eigenvalue weighted by Gasteiger charge is -2.05. The van der Waals surface area contributed by atoms with E-state index in [9.17, 15) is 4.79 Å². The van der Waals surface area contributed by atoms with E-state index in [1.807, 2.05) is 0 Å². The number of carbonyl (C=O) groups excluding carboxylic acids is 1. The van der Waals surface area contributed by atoms with Crippen molar-refractivity contribution in [2.45, 2.75) is 12.8 Å². The highest BCUT2D eigenvalue weighted by atomic mass is 16.5. The van der Waals surface area contributed by atoms with Crippen LogP contribution in [0.5, 0.6) is 0 Å². The zero-order valence-electron chi connectivity index (χ0n) is 8.17. The van der Waals surface area contributed by atoms with Crippen molar-refractivity contribution in [2.24, 2.45) is 5.92 Å². The van der Waals surface area contributed by atoms with Gasteiger partial charge in [0.05, 0.1) is 7.11 Å². The highest BCUT2D eigenvalue weighted by Crippen LogP contribution is 2.16. The van der Waals surface area contributed by atoms with Gasteiger partial charge in [-0.3, -0.25) is 0 Å². The number of carbonyl (C=O) groups is 1. The van der Waals surface area contributed by atoms with Crippen molar-refractivity contribution in [3.8, 4) is 11.8 Å². The van der Waals surface area contributed by atoms with Crippen LogP contribution in [0, 0.1) is 17.8 Å². The average molecular weight is 181 g/mol. The molecule has 0 radical (unpaired) electrons. The minimum absolute atomic E-state index is 0.439.